The van der Waals surface area contributed by atoms with Crippen LogP contribution in [-0.2, 0) is 30.5 Å². The summed E-state index contributed by atoms with van der Waals surface area (Å²) in [6, 6.07) is 22.5. The van der Waals surface area contributed by atoms with Gasteiger partial charge in [-0.3, -0.25) is 9.59 Å². The molecule has 2 aliphatic rings. The molecule has 0 radical (unpaired) electrons. The molecule has 1 heterocycles. The summed E-state index contributed by atoms with van der Waals surface area (Å²) in [5.74, 6) is -2.65. The van der Waals surface area contributed by atoms with Crippen LogP contribution in [0.2, 0.25) is 0 Å². The highest BCUT2D eigenvalue weighted by Gasteiger charge is 2.49. The van der Waals surface area contributed by atoms with Crippen LogP contribution in [0.5, 0.6) is 17.2 Å². The molecule has 1 aliphatic heterocycles. The largest absolute Gasteiger partial charge is 0.496 e. The summed E-state index contributed by atoms with van der Waals surface area (Å²) in [6.07, 6.45) is 0.310. The third-order valence-corrected chi connectivity index (χ3v) is 8.35. The highest BCUT2D eigenvalue weighted by molar-refractivity contribution is 6.13. The number of rotatable bonds is 11. The minimum atomic E-state index is -1.16. The van der Waals surface area contributed by atoms with Crippen LogP contribution in [0.3, 0.4) is 0 Å². The number of benzene rings is 3. The lowest BCUT2D eigenvalue weighted by atomic mass is 9.67. The standard InChI is InChI=1S/C37H39NO8/c1-6-44-36(40)31-22(3)38-27-20-26(25-15-11-12-16-28(25)42-4)33(37(41)45-7-2)35(39)34(27)32(31)24-17-18-29(30(19-24)43-5)46-21-23-13-9-8-10-14-23/h8-19,26,32-33,38H,6-7,20-21H2,1-5H3/t26-,32+,33-/m1/s1. The van der Waals surface area contributed by atoms with E-state index in [9.17, 15) is 14.4 Å². The number of allylic oxidation sites excluding steroid dienone is 3. The van der Waals surface area contributed by atoms with Gasteiger partial charge in [0, 0.05) is 28.8 Å². The van der Waals surface area contributed by atoms with Crippen molar-refractivity contribution in [3.05, 3.63) is 112 Å². The van der Waals surface area contributed by atoms with E-state index in [0.29, 0.717) is 52.8 Å². The third-order valence-electron chi connectivity index (χ3n) is 8.35. The molecular weight excluding hydrogens is 586 g/mol. The van der Waals surface area contributed by atoms with E-state index < -0.39 is 35.5 Å². The molecule has 0 aromatic heterocycles. The fourth-order valence-electron chi connectivity index (χ4n) is 6.33. The average Bonchev–Trinajstić information content (AvgIpc) is 3.07. The zero-order valence-electron chi connectivity index (χ0n) is 26.8. The minimum Gasteiger partial charge on any atom is -0.496 e. The van der Waals surface area contributed by atoms with E-state index in [0.717, 1.165) is 11.1 Å². The first-order valence-electron chi connectivity index (χ1n) is 15.4. The number of carbonyl (C=O) groups excluding carboxylic acids is 3. The first kappa shape index (κ1) is 32.3. The van der Waals surface area contributed by atoms with Crippen LogP contribution in [0.15, 0.2) is 95.3 Å². The van der Waals surface area contributed by atoms with Gasteiger partial charge in [-0.25, -0.2) is 4.79 Å². The van der Waals surface area contributed by atoms with Crippen molar-refractivity contribution in [2.24, 2.45) is 5.92 Å². The fraction of sp³-hybridized carbons (Fsp3) is 0.324. The second-order valence-corrected chi connectivity index (χ2v) is 11.0. The smallest absolute Gasteiger partial charge is 0.336 e. The van der Waals surface area contributed by atoms with Gasteiger partial charge >= 0.3 is 11.9 Å². The SMILES string of the molecule is CCOC(=O)C1=C(C)NC2=C(C(=O)[C@H](C(=O)OCC)[C@@H](c3ccccc3OC)C2)[C@H]1c1ccc(OCc2ccccc2)c(OC)c1. The Morgan fingerprint density at radius 2 is 1.54 bits per heavy atom. The molecule has 0 unspecified atom stereocenters. The molecule has 0 spiro atoms. The van der Waals surface area contributed by atoms with Crippen LogP contribution >= 0.6 is 0 Å². The topological polar surface area (TPSA) is 109 Å². The number of dihydropyridines is 1. The first-order chi connectivity index (χ1) is 22.3. The molecule has 9 heteroatoms. The highest BCUT2D eigenvalue weighted by atomic mass is 16.5. The minimum absolute atomic E-state index is 0.115. The van der Waals surface area contributed by atoms with Gasteiger partial charge in [-0.15, -0.1) is 0 Å². The van der Waals surface area contributed by atoms with Gasteiger partial charge in [0.1, 0.15) is 18.3 Å². The number of para-hydroxylation sites is 1. The van der Waals surface area contributed by atoms with E-state index in [1.54, 1.807) is 46.1 Å². The fourth-order valence-corrected chi connectivity index (χ4v) is 6.33. The molecule has 46 heavy (non-hydrogen) atoms. The zero-order chi connectivity index (χ0) is 32.8. The molecule has 1 aliphatic carbocycles. The molecule has 0 bridgehead atoms. The van der Waals surface area contributed by atoms with Gasteiger partial charge in [0.15, 0.2) is 17.3 Å². The Labute approximate surface area is 269 Å². The van der Waals surface area contributed by atoms with Crippen LogP contribution in [0.25, 0.3) is 0 Å². The Morgan fingerprint density at radius 3 is 2.24 bits per heavy atom. The molecule has 0 amide bonds. The summed E-state index contributed by atoms with van der Waals surface area (Å²) in [4.78, 5) is 41.8. The van der Waals surface area contributed by atoms with Crippen LogP contribution in [-0.4, -0.2) is 45.2 Å². The van der Waals surface area contributed by atoms with Crippen molar-refractivity contribution >= 4 is 17.7 Å². The molecular formula is C37H39NO8. The van der Waals surface area contributed by atoms with Crippen molar-refractivity contribution in [2.75, 3.05) is 27.4 Å². The zero-order valence-corrected chi connectivity index (χ0v) is 26.8. The van der Waals surface area contributed by atoms with E-state index in [1.807, 2.05) is 54.6 Å². The Morgan fingerprint density at radius 1 is 0.848 bits per heavy atom. The number of nitrogens with one attached hydrogen (secondary N) is 1. The molecule has 3 atom stereocenters. The number of hydrogen-bond acceptors (Lipinski definition) is 9. The van der Waals surface area contributed by atoms with Crippen LogP contribution in [0.4, 0.5) is 0 Å². The maximum absolute atomic E-state index is 14.7. The molecule has 3 aromatic rings. The lowest BCUT2D eigenvalue weighted by Gasteiger charge is -2.39. The van der Waals surface area contributed by atoms with Crippen molar-refractivity contribution in [1.29, 1.82) is 0 Å². The van der Waals surface area contributed by atoms with Gasteiger partial charge in [-0.2, -0.15) is 0 Å². The summed E-state index contributed by atoms with van der Waals surface area (Å²) >= 11 is 0. The van der Waals surface area contributed by atoms with Crippen LogP contribution < -0.4 is 19.5 Å². The van der Waals surface area contributed by atoms with Gasteiger partial charge in [0.05, 0.1) is 33.0 Å². The molecule has 3 aromatic carbocycles. The molecule has 5 rings (SSSR count). The monoisotopic (exact) mass is 625 g/mol. The first-order valence-corrected chi connectivity index (χ1v) is 15.4. The number of ether oxygens (including phenoxy) is 5. The third kappa shape index (κ3) is 6.36. The van der Waals surface area contributed by atoms with Gasteiger partial charge in [-0.05, 0) is 62.1 Å². The predicted molar refractivity (Wildman–Crippen MR) is 171 cm³/mol. The van der Waals surface area contributed by atoms with Crippen molar-refractivity contribution in [3.63, 3.8) is 0 Å². The molecule has 0 saturated carbocycles. The average molecular weight is 626 g/mol. The number of esters is 2. The number of carbonyl (C=O) groups is 3. The van der Waals surface area contributed by atoms with Gasteiger partial charge in [-0.1, -0.05) is 54.6 Å². The molecule has 240 valence electrons. The van der Waals surface area contributed by atoms with Crippen molar-refractivity contribution < 1.29 is 38.1 Å². The Hall–Kier alpha value is -5.05. The van der Waals surface area contributed by atoms with Crippen LogP contribution in [0, 0.1) is 5.92 Å². The number of methoxy groups -OCH3 is 2. The number of Topliss-reactive ketones (excluding diaryl/α,β-unsaturated/α-hetero) is 1. The second-order valence-electron chi connectivity index (χ2n) is 11.0. The Bertz CT molecular complexity index is 1680. The number of ketones is 1. The lowest BCUT2D eigenvalue weighted by molar-refractivity contribution is -0.152. The molecule has 9 nitrogen and oxygen atoms in total. The second kappa shape index (κ2) is 14.4. The van der Waals surface area contributed by atoms with Crippen molar-refractivity contribution in [2.45, 2.75) is 45.6 Å². The quantitative estimate of drug-likeness (QED) is 0.203. The summed E-state index contributed by atoms with van der Waals surface area (Å²) in [7, 11) is 3.09. The van der Waals surface area contributed by atoms with Gasteiger partial charge < -0.3 is 29.0 Å². The Balaban J connectivity index is 1.63. The van der Waals surface area contributed by atoms with E-state index >= 15 is 0 Å². The van der Waals surface area contributed by atoms with Gasteiger partial charge in [0.25, 0.3) is 0 Å². The maximum atomic E-state index is 14.7. The highest BCUT2D eigenvalue weighted by Crippen LogP contribution is 2.50. The molecule has 0 fully saturated rings. The van der Waals surface area contributed by atoms with E-state index in [1.165, 1.54) is 7.11 Å². The summed E-state index contributed by atoms with van der Waals surface area (Å²) in [5, 5.41) is 3.33. The summed E-state index contributed by atoms with van der Waals surface area (Å²) in [5.41, 5.74) is 4.12. The molecule has 0 saturated heterocycles. The summed E-state index contributed by atoms with van der Waals surface area (Å²) in [6.45, 7) is 5.82. The predicted octanol–water partition coefficient (Wildman–Crippen LogP) is 6.00. The van der Waals surface area contributed by atoms with Crippen molar-refractivity contribution in [1.82, 2.24) is 5.32 Å². The van der Waals surface area contributed by atoms with Gasteiger partial charge in [0.2, 0.25) is 0 Å². The Kier molecular flexibility index (Phi) is 10.1. The van der Waals surface area contributed by atoms with E-state index in [-0.39, 0.29) is 18.8 Å². The maximum Gasteiger partial charge on any atom is 0.336 e. The normalized spacial score (nSPS) is 19.2. The van der Waals surface area contributed by atoms with Crippen molar-refractivity contribution in [3.8, 4) is 17.2 Å². The van der Waals surface area contributed by atoms with Crippen LogP contribution in [0.1, 0.15) is 55.7 Å². The lowest BCUT2D eigenvalue weighted by Crippen LogP contribution is -2.43. The van der Waals surface area contributed by atoms with E-state index in [4.69, 9.17) is 23.7 Å². The van der Waals surface area contributed by atoms with E-state index in [2.05, 4.69) is 5.32 Å². The molecule has 1 N–H and O–H groups in total. The number of hydrogen-bond donors (Lipinski definition) is 1. The summed E-state index contributed by atoms with van der Waals surface area (Å²) < 4.78 is 28.4.